The molecule has 1 rings (SSSR count). The molecule has 1 N–H and O–H groups in total. The Hall–Kier alpha value is -1.55. The van der Waals surface area contributed by atoms with Gasteiger partial charge in [-0.05, 0) is 13.0 Å². The predicted octanol–water partition coefficient (Wildman–Crippen LogP) is 1.49. The van der Waals surface area contributed by atoms with E-state index in [0.717, 1.165) is 12.1 Å². The molecular formula is C11H15NO3. The third-order valence-corrected chi connectivity index (χ3v) is 1.97. The fourth-order valence-corrected chi connectivity index (χ4v) is 1.08. The predicted molar refractivity (Wildman–Crippen MR) is 56.2 cm³/mol. The van der Waals surface area contributed by atoms with Crippen LogP contribution in [-0.4, -0.2) is 19.6 Å². The first-order valence-corrected chi connectivity index (χ1v) is 4.71. The van der Waals surface area contributed by atoms with Gasteiger partial charge in [0.05, 0.1) is 19.6 Å². The van der Waals surface area contributed by atoms with Crippen LogP contribution in [0.25, 0.3) is 0 Å². The minimum atomic E-state index is -0.292. The number of nitrogens with one attached hydrogen (secondary N) is 1. The number of furan rings is 1. The average Bonchev–Trinajstić information content (AvgIpc) is 2.75. The van der Waals surface area contributed by atoms with Crippen LogP contribution in [-0.2, 0) is 16.1 Å². The number of rotatable bonds is 5. The summed E-state index contributed by atoms with van der Waals surface area (Å²) in [7, 11) is 1.37. The molecule has 1 aromatic rings. The van der Waals surface area contributed by atoms with Crippen LogP contribution >= 0.6 is 0 Å². The number of hydrogen-bond donors (Lipinski definition) is 1. The van der Waals surface area contributed by atoms with Crippen molar-refractivity contribution in [1.29, 1.82) is 0 Å². The summed E-state index contributed by atoms with van der Waals surface area (Å²) in [5, 5.41) is 3.15. The number of methoxy groups -OCH3 is 1. The molecule has 0 radical (unpaired) electrons. The molecule has 82 valence electrons. The first kappa shape index (κ1) is 11.5. The Bertz CT molecular complexity index is 328. The second kappa shape index (κ2) is 6.03. The van der Waals surface area contributed by atoms with E-state index in [2.05, 4.69) is 10.1 Å². The van der Waals surface area contributed by atoms with Crippen molar-refractivity contribution < 1.29 is 13.9 Å². The lowest BCUT2D eigenvalue weighted by molar-refractivity contribution is -0.136. The normalized spacial score (nSPS) is 11.5. The molecule has 0 saturated heterocycles. The van der Waals surface area contributed by atoms with E-state index >= 15 is 0 Å². The van der Waals surface area contributed by atoms with E-state index in [1.165, 1.54) is 7.11 Å². The molecule has 0 aliphatic heterocycles. The zero-order valence-electron chi connectivity index (χ0n) is 8.95. The summed E-state index contributed by atoms with van der Waals surface area (Å²) in [6, 6.07) is 1.89. The van der Waals surface area contributed by atoms with Gasteiger partial charge in [-0.15, -0.1) is 0 Å². The van der Waals surface area contributed by atoms with Gasteiger partial charge in [-0.2, -0.15) is 0 Å². The maximum Gasteiger partial charge on any atom is 0.333 e. The Kier molecular flexibility index (Phi) is 4.63. The summed E-state index contributed by atoms with van der Waals surface area (Å²) in [6.45, 7) is 3.08. The maximum absolute atomic E-state index is 11.0. The minimum Gasteiger partial charge on any atom is -0.472 e. The summed E-state index contributed by atoms with van der Waals surface area (Å²) >= 11 is 0. The van der Waals surface area contributed by atoms with Gasteiger partial charge in [0, 0.05) is 24.2 Å². The Morgan fingerprint density at radius 3 is 3.07 bits per heavy atom. The van der Waals surface area contributed by atoms with E-state index in [1.54, 1.807) is 25.5 Å². The van der Waals surface area contributed by atoms with Crippen LogP contribution in [0.1, 0.15) is 12.5 Å². The lowest BCUT2D eigenvalue weighted by atomic mass is 10.3. The molecule has 0 bridgehead atoms. The smallest absolute Gasteiger partial charge is 0.333 e. The van der Waals surface area contributed by atoms with Crippen LogP contribution in [0.15, 0.2) is 34.7 Å². The van der Waals surface area contributed by atoms with Gasteiger partial charge in [0.1, 0.15) is 0 Å². The number of esters is 1. The van der Waals surface area contributed by atoms with Crippen molar-refractivity contribution in [3.05, 3.63) is 35.8 Å². The van der Waals surface area contributed by atoms with Crippen LogP contribution in [0.3, 0.4) is 0 Å². The standard InChI is InChI=1S/C11H15NO3/c1-9(11(13)14-2)3-5-12-7-10-4-6-15-8-10/h3-4,6,8,12H,5,7H2,1-2H3/b9-3+. The highest BCUT2D eigenvalue weighted by Gasteiger charge is 2.01. The summed E-state index contributed by atoms with van der Waals surface area (Å²) in [4.78, 5) is 11.0. The zero-order chi connectivity index (χ0) is 11.1. The van der Waals surface area contributed by atoms with Crippen LogP contribution < -0.4 is 5.32 Å². The summed E-state index contributed by atoms with van der Waals surface area (Å²) in [5.41, 5.74) is 1.69. The van der Waals surface area contributed by atoms with Gasteiger partial charge < -0.3 is 14.5 Å². The molecular weight excluding hydrogens is 194 g/mol. The minimum absolute atomic E-state index is 0.292. The van der Waals surface area contributed by atoms with E-state index in [9.17, 15) is 4.79 Å². The average molecular weight is 209 g/mol. The quantitative estimate of drug-likeness (QED) is 0.453. The monoisotopic (exact) mass is 209 g/mol. The fourth-order valence-electron chi connectivity index (χ4n) is 1.08. The van der Waals surface area contributed by atoms with Gasteiger partial charge in [-0.3, -0.25) is 0 Å². The van der Waals surface area contributed by atoms with Crippen molar-refractivity contribution in [2.45, 2.75) is 13.5 Å². The maximum atomic E-state index is 11.0. The third kappa shape index (κ3) is 3.99. The topological polar surface area (TPSA) is 51.5 Å². The van der Waals surface area contributed by atoms with E-state index in [1.807, 2.05) is 6.07 Å². The first-order chi connectivity index (χ1) is 7.24. The first-order valence-electron chi connectivity index (χ1n) is 4.71. The van der Waals surface area contributed by atoms with E-state index in [4.69, 9.17) is 4.42 Å². The lowest BCUT2D eigenvalue weighted by Crippen LogP contribution is -2.14. The van der Waals surface area contributed by atoms with Gasteiger partial charge in [0.2, 0.25) is 0 Å². The van der Waals surface area contributed by atoms with E-state index in [-0.39, 0.29) is 5.97 Å². The summed E-state index contributed by atoms with van der Waals surface area (Å²) < 4.78 is 9.48. The highest BCUT2D eigenvalue weighted by molar-refractivity contribution is 5.87. The Labute approximate surface area is 88.9 Å². The summed E-state index contributed by atoms with van der Waals surface area (Å²) in [5.74, 6) is -0.292. The molecule has 0 fully saturated rings. The molecule has 0 aliphatic rings. The van der Waals surface area contributed by atoms with Crippen molar-refractivity contribution in [1.82, 2.24) is 5.32 Å². The van der Waals surface area contributed by atoms with Crippen molar-refractivity contribution in [3.63, 3.8) is 0 Å². The molecule has 0 spiro atoms. The van der Waals surface area contributed by atoms with Crippen LogP contribution in [0.2, 0.25) is 0 Å². The Morgan fingerprint density at radius 1 is 1.67 bits per heavy atom. The molecule has 0 unspecified atom stereocenters. The molecule has 0 aliphatic carbocycles. The molecule has 0 amide bonds. The highest BCUT2D eigenvalue weighted by atomic mass is 16.5. The number of hydrogen-bond acceptors (Lipinski definition) is 4. The molecule has 1 aromatic heterocycles. The highest BCUT2D eigenvalue weighted by Crippen LogP contribution is 1.98. The number of ether oxygens (including phenoxy) is 1. The van der Waals surface area contributed by atoms with Gasteiger partial charge in [-0.1, -0.05) is 6.08 Å². The molecule has 0 aromatic carbocycles. The lowest BCUT2D eigenvalue weighted by Gasteiger charge is -2.00. The SMILES string of the molecule is COC(=O)/C(C)=C/CNCc1ccoc1. The molecule has 4 heteroatoms. The zero-order valence-corrected chi connectivity index (χ0v) is 8.95. The van der Waals surface area contributed by atoms with Crippen LogP contribution in [0.4, 0.5) is 0 Å². The van der Waals surface area contributed by atoms with E-state index < -0.39 is 0 Å². The summed E-state index contributed by atoms with van der Waals surface area (Å²) in [6.07, 6.45) is 5.11. The molecule has 0 atom stereocenters. The third-order valence-electron chi connectivity index (χ3n) is 1.97. The largest absolute Gasteiger partial charge is 0.472 e. The molecule has 4 nitrogen and oxygen atoms in total. The Morgan fingerprint density at radius 2 is 2.47 bits per heavy atom. The van der Waals surface area contributed by atoms with Gasteiger partial charge in [0.15, 0.2) is 0 Å². The van der Waals surface area contributed by atoms with Crippen molar-refractivity contribution in [2.24, 2.45) is 0 Å². The van der Waals surface area contributed by atoms with Gasteiger partial charge in [-0.25, -0.2) is 4.79 Å². The second-order valence-corrected chi connectivity index (χ2v) is 3.14. The van der Waals surface area contributed by atoms with Crippen LogP contribution in [0.5, 0.6) is 0 Å². The number of carbonyl (C=O) groups excluding carboxylic acids is 1. The fraction of sp³-hybridized carbons (Fsp3) is 0.364. The number of carbonyl (C=O) groups is 1. The van der Waals surface area contributed by atoms with Crippen molar-refractivity contribution >= 4 is 5.97 Å². The van der Waals surface area contributed by atoms with Crippen molar-refractivity contribution in [2.75, 3.05) is 13.7 Å². The Balaban J connectivity index is 2.24. The van der Waals surface area contributed by atoms with Crippen LogP contribution in [0, 0.1) is 0 Å². The van der Waals surface area contributed by atoms with Gasteiger partial charge in [0.25, 0.3) is 0 Å². The van der Waals surface area contributed by atoms with Gasteiger partial charge >= 0.3 is 5.97 Å². The second-order valence-electron chi connectivity index (χ2n) is 3.14. The van der Waals surface area contributed by atoms with Crippen molar-refractivity contribution in [3.8, 4) is 0 Å². The molecule has 0 saturated carbocycles. The molecule has 1 heterocycles. The molecule has 15 heavy (non-hydrogen) atoms. The van der Waals surface area contributed by atoms with E-state index in [0.29, 0.717) is 12.1 Å².